The largest absolute Gasteiger partial charge is 0.310 e. The van der Waals surface area contributed by atoms with Gasteiger partial charge in [-0.05, 0) is 114 Å². The maximum atomic E-state index is 2.56. The Morgan fingerprint density at radius 1 is 0.308 bits per heavy atom. The Kier molecular flexibility index (Phi) is 6.39. The molecule has 0 saturated carbocycles. The lowest BCUT2D eigenvalue weighted by Gasteiger charge is -2.30. The van der Waals surface area contributed by atoms with Crippen molar-refractivity contribution >= 4 is 17.1 Å². The first-order valence-electron chi connectivity index (χ1n) is 18.7. The van der Waals surface area contributed by atoms with Gasteiger partial charge in [-0.15, -0.1) is 0 Å². The van der Waals surface area contributed by atoms with Gasteiger partial charge in [0.15, 0.2) is 0 Å². The smallest absolute Gasteiger partial charge is 0.0465 e. The molecular weight excluding hydrogens is 627 g/mol. The van der Waals surface area contributed by atoms with Crippen LogP contribution >= 0.6 is 0 Å². The normalized spacial score (nSPS) is 16.0. The number of benzene rings is 7. The number of nitrogens with zero attached hydrogens (tertiary/aromatic N) is 1. The number of para-hydroxylation sites is 1. The zero-order valence-electron chi connectivity index (χ0n) is 30.9. The van der Waals surface area contributed by atoms with Gasteiger partial charge in [0.25, 0.3) is 0 Å². The molecule has 0 N–H and O–H groups in total. The Labute approximate surface area is 308 Å². The predicted octanol–water partition coefficient (Wildman–Crippen LogP) is 13.7. The molecule has 52 heavy (non-hydrogen) atoms. The third kappa shape index (κ3) is 4.11. The van der Waals surface area contributed by atoms with E-state index in [-0.39, 0.29) is 16.2 Å². The quantitative estimate of drug-likeness (QED) is 0.180. The van der Waals surface area contributed by atoms with Crippen molar-refractivity contribution < 1.29 is 0 Å². The van der Waals surface area contributed by atoms with Crippen LogP contribution < -0.4 is 4.90 Å². The Balaban J connectivity index is 1.20. The fourth-order valence-electron chi connectivity index (χ4n) is 9.92. The Bertz CT molecular complexity index is 2590. The van der Waals surface area contributed by atoms with Crippen LogP contribution in [-0.4, -0.2) is 0 Å². The molecule has 0 saturated heterocycles. The first-order chi connectivity index (χ1) is 25.1. The van der Waals surface area contributed by atoms with E-state index in [9.17, 15) is 0 Å². The Morgan fingerprint density at radius 2 is 0.731 bits per heavy atom. The zero-order valence-corrected chi connectivity index (χ0v) is 30.9. The van der Waals surface area contributed by atoms with Crippen LogP contribution in [0.1, 0.15) is 74.9 Å². The molecule has 0 heterocycles. The molecule has 0 amide bonds. The van der Waals surface area contributed by atoms with Crippen LogP contribution in [0.5, 0.6) is 0 Å². The van der Waals surface area contributed by atoms with E-state index in [2.05, 4.69) is 198 Å². The summed E-state index contributed by atoms with van der Waals surface area (Å²) >= 11 is 0. The van der Waals surface area contributed by atoms with Crippen molar-refractivity contribution in [2.24, 2.45) is 0 Å². The minimum absolute atomic E-state index is 0.0769. The molecule has 0 aromatic heterocycles. The van der Waals surface area contributed by atoms with Crippen molar-refractivity contribution in [3.8, 4) is 44.5 Å². The average Bonchev–Trinajstić information content (AvgIpc) is 3.64. The standard InChI is InChI=1S/C51H43N/c1-49(2)40-23-15-13-21-36(40)37-27-25-34(29-42(37)49)52(33-19-11-8-12-20-33)35-26-28-39-43(30-35)51(5,6)45-31-44-47(38-22-14-16-24-41(38)50(44,3)4)46(48(39)45)32-17-9-7-10-18-32/h7-31H,1-6H3. The van der Waals surface area contributed by atoms with E-state index in [0.717, 1.165) is 5.69 Å². The van der Waals surface area contributed by atoms with Crippen molar-refractivity contribution in [1.82, 2.24) is 0 Å². The molecule has 0 atom stereocenters. The molecule has 3 aliphatic rings. The van der Waals surface area contributed by atoms with E-state index in [1.165, 1.54) is 89.3 Å². The summed E-state index contributed by atoms with van der Waals surface area (Å²) in [5.41, 5.74) is 22.4. The summed E-state index contributed by atoms with van der Waals surface area (Å²) < 4.78 is 0. The summed E-state index contributed by atoms with van der Waals surface area (Å²) in [7, 11) is 0. The molecule has 7 aromatic carbocycles. The number of anilines is 3. The fraction of sp³-hybridized carbons (Fsp3) is 0.176. The van der Waals surface area contributed by atoms with Gasteiger partial charge in [-0.25, -0.2) is 0 Å². The maximum absolute atomic E-state index is 2.56. The average molecular weight is 670 g/mol. The van der Waals surface area contributed by atoms with Crippen LogP contribution in [-0.2, 0) is 16.2 Å². The van der Waals surface area contributed by atoms with Gasteiger partial charge >= 0.3 is 0 Å². The molecule has 0 radical (unpaired) electrons. The van der Waals surface area contributed by atoms with Gasteiger partial charge in [0.05, 0.1) is 0 Å². The number of hydrogen-bond donors (Lipinski definition) is 0. The third-order valence-electron chi connectivity index (χ3n) is 12.6. The van der Waals surface area contributed by atoms with Crippen molar-refractivity contribution in [1.29, 1.82) is 0 Å². The molecule has 252 valence electrons. The summed E-state index contributed by atoms with van der Waals surface area (Å²) in [6.07, 6.45) is 0. The van der Waals surface area contributed by atoms with Crippen molar-refractivity contribution in [2.45, 2.75) is 57.8 Å². The fourth-order valence-corrected chi connectivity index (χ4v) is 9.92. The molecule has 1 nitrogen and oxygen atoms in total. The van der Waals surface area contributed by atoms with Crippen LogP contribution in [0.2, 0.25) is 0 Å². The Hall–Kier alpha value is -5.66. The van der Waals surface area contributed by atoms with Gasteiger partial charge in [-0.1, -0.05) is 157 Å². The predicted molar refractivity (Wildman–Crippen MR) is 219 cm³/mol. The molecule has 3 aliphatic carbocycles. The van der Waals surface area contributed by atoms with Gasteiger partial charge in [-0.2, -0.15) is 0 Å². The summed E-state index contributed by atoms with van der Waals surface area (Å²) in [4.78, 5) is 2.45. The van der Waals surface area contributed by atoms with Gasteiger partial charge in [0, 0.05) is 33.3 Å². The van der Waals surface area contributed by atoms with Gasteiger partial charge in [0.2, 0.25) is 0 Å². The van der Waals surface area contributed by atoms with Crippen molar-refractivity contribution in [2.75, 3.05) is 4.90 Å². The summed E-state index contributed by atoms with van der Waals surface area (Å²) in [6.45, 7) is 14.4. The highest BCUT2D eigenvalue weighted by molar-refractivity contribution is 6.04. The zero-order chi connectivity index (χ0) is 35.6. The molecule has 0 unspecified atom stereocenters. The molecule has 0 fully saturated rings. The second-order valence-electron chi connectivity index (χ2n) is 16.6. The topological polar surface area (TPSA) is 3.24 Å². The molecule has 0 bridgehead atoms. The number of rotatable bonds is 4. The van der Waals surface area contributed by atoms with E-state index in [0.29, 0.717) is 0 Å². The lowest BCUT2D eigenvalue weighted by Crippen LogP contribution is -2.19. The highest BCUT2D eigenvalue weighted by atomic mass is 15.1. The van der Waals surface area contributed by atoms with E-state index in [1.54, 1.807) is 0 Å². The highest BCUT2D eigenvalue weighted by Gasteiger charge is 2.44. The summed E-state index contributed by atoms with van der Waals surface area (Å²) in [5, 5.41) is 0. The molecular formula is C51H43N. The number of fused-ring (bicyclic) bond motifs is 9. The third-order valence-corrected chi connectivity index (χ3v) is 12.6. The lowest BCUT2D eigenvalue weighted by atomic mass is 9.76. The van der Waals surface area contributed by atoms with Crippen LogP contribution in [0.25, 0.3) is 44.5 Å². The van der Waals surface area contributed by atoms with E-state index in [1.807, 2.05) is 0 Å². The second kappa shape index (κ2) is 10.7. The molecule has 0 aliphatic heterocycles. The number of hydrogen-bond acceptors (Lipinski definition) is 1. The first-order valence-corrected chi connectivity index (χ1v) is 18.7. The van der Waals surface area contributed by atoms with Crippen molar-refractivity contribution in [3.63, 3.8) is 0 Å². The van der Waals surface area contributed by atoms with Crippen LogP contribution in [0.3, 0.4) is 0 Å². The van der Waals surface area contributed by atoms with Gasteiger partial charge in [-0.3, -0.25) is 0 Å². The van der Waals surface area contributed by atoms with E-state index < -0.39 is 0 Å². The van der Waals surface area contributed by atoms with Crippen molar-refractivity contribution in [3.05, 3.63) is 185 Å². The van der Waals surface area contributed by atoms with E-state index in [4.69, 9.17) is 0 Å². The summed E-state index contributed by atoms with van der Waals surface area (Å²) in [6, 6.07) is 56.8. The highest BCUT2D eigenvalue weighted by Crippen LogP contribution is 2.61. The maximum Gasteiger partial charge on any atom is 0.0465 e. The van der Waals surface area contributed by atoms with Gasteiger partial charge in [0.1, 0.15) is 0 Å². The first kappa shape index (κ1) is 31.1. The Morgan fingerprint density at radius 3 is 1.37 bits per heavy atom. The van der Waals surface area contributed by atoms with E-state index >= 15 is 0 Å². The second-order valence-corrected chi connectivity index (χ2v) is 16.6. The van der Waals surface area contributed by atoms with Crippen LogP contribution in [0.15, 0.2) is 152 Å². The summed E-state index contributed by atoms with van der Waals surface area (Å²) in [5.74, 6) is 0. The molecule has 7 aromatic rings. The lowest BCUT2D eigenvalue weighted by molar-refractivity contribution is 0.639. The monoisotopic (exact) mass is 669 g/mol. The minimum atomic E-state index is -0.200. The molecule has 10 rings (SSSR count). The van der Waals surface area contributed by atoms with Crippen LogP contribution in [0.4, 0.5) is 17.1 Å². The van der Waals surface area contributed by atoms with Crippen LogP contribution in [0, 0.1) is 0 Å². The minimum Gasteiger partial charge on any atom is -0.310 e. The SMILES string of the molecule is CC1(C)c2ccccc2-c2ccc(N(c3ccccc3)c3ccc4c(c3)C(C)(C)c3cc5c(c(-c6ccccc6)c3-4)-c3ccccc3C5(C)C)cc21. The molecule has 1 heteroatoms. The van der Waals surface area contributed by atoms with Gasteiger partial charge < -0.3 is 4.90 Å². The molecule has 0 spiro atoms.